The maximum atomic E-state index is 13.3. The number of anilines is 1. The molecule has 0 spiro atoms. The van der Waals surface area contributed by atoms with Crippen LogP contribution in [-0.4, -0.2) is 22.7 Å². The summed E-state index contributed by atoms with van der Waals surface area (Å²) in [7, 11) is 0. The van der Waals surface area contributed by atoms with Crippen molar-refractivity contribution in [2.75, 3.05) is 11.4 Å². The SMILES string of the molecule is OC(CC1CCCN1c1nc2cc(F)ccc2o1)c1ccc(F)cc1. The molecule has 0 amide bonds. The number of oxazole rings is 1. The second kappa shape index (κ2) is 6.44. The Hall–Kier alpha value is -2.47. The Labute approximate surface area is 143 Å². The second-order valence-corrected chi connectivity index (χ2v) is 6.40. The number of rotatable bonds is 4. The molecule has 1 aliphatic heterocycles. The van der Waals surface area contributed by atoms with Crippen LogP contribution in [0.1, 0.15) is 30.9 Å². The minimum absolute atomic E-state index is 0.0676. The lowest BCUT2D eigenvalue weighted by molar-refractivity contribution is 0.157. The summed E-state index contributed by atoms with van der Waals surface area (Å²) in [5.74, 6) is -0.672. The summed E-state index contributed by atoms with van der Waals surface area (Å²) in [4.78, 5) is 6.40. The molecule has 2 atom stereocenters. The quantitative estimate of drug-likeness (QED) is 0.771. The highest BCUT2D eigenvalue weighted by Gasteiger charge is 2.30. The molecule has 0 aliphatic carbocycles. The van der Waals surface area contributed by atoms with Crippen LogP contribution < -0.4 is 4.90 Å². The molecule has 4 nitrogen and oxygen atoms in total. The van der Waals surface area contributed by atoms with E-state index in [1.165, 1.54) is 24.3 Å². The second-order valence-electron chi connectivity index (χ2n) is 6.40. The van der Waals surface area contributed by atoms with Gasteiger partial charge in [0.05, 0.1) is 6.10 Å². The highest BCUT2D eigenvalue weighted by molar-refractivity contribution is 5.74. The van der Waals surface area contributed by atoms with Crippen LogP contribution in [0.5, 0.6) is 0 Å². The number of fused-ring (bicyclic) bond motifs is 1. The molecule has 1 aliphatic rings. The van der Waals surface area contributed by atoms with Crippen molar-refractivity contribution < 1.29 is 18.3 Å². The largest absolute Gasteiger partial charge is 0.423 e. The maximum absolute atomic E-state index is 13.3. The molecule has 130 valence electrons. The first-order valence-electron chi connectivity index (χ1n) is 8.36. The van der Waals surface area contributed by atoms with Gasteiger partial charge in [-0.2, -0.15) is 4.98 Å². The van der Waals surface area contributed by atoms with E-state index in [1.807, 2.05) is 4.90 Å². The molecule has 1 aromatic heterocycles. The zero-order chi connectivity index (χ0) is 17.4. The Kier molecular flexibility index (Phi) is 4.13. The van der Waals surface area contributed by atoms with Crippen molar-refractivity contribution in [3.8, 4) is 0 Å². The molecule has 1 N–H and O–H groups in total. The van der Waals surface area contributed by atoms with Gasteiger partial charge in [-0.05, 0) is 49.1 Å². The average molecular weight is 344 g/mol. The Bertz CT molecular complexity index is 879. The van der Waals surface area contributed by atoms with Crippen LogP contribution in [0.15, 0.2) is 46.9 Å². The van der Waals surface area contributed by atoms with Gasteiger partial charge >= 0.3 is 0 Å². The highest BCUT2D eigenvalue weighted by atomic mass is 19.1. The van der Waals surface area contributed by atoms with Gasteiger partial charge in [-0.25, -0.2) is 8.78 Å². The van der Waals surface area contributed by atoms with Crippen molar-refractivity contribution in [1.82, 2.24) is 4.98 Å². The van der Waals surface area contributed by atoms with E-state index in [0.717, 1.165) is 19.4 Å². The monoisotopic (exact) mass is 344 g/mol. The molecule has 1 fully saturated rings. The molecule has 2 heterocycles. The number of aromatic nitrogens is 1. The van der Waals surface area contributed by atoms with Gasteiger partial charge in [-0.1, -0.05) is 12.1 Å². The highest BCUT2D eigenvalue weighted by Crippen LogP contribution is 2.33. The van der Waals surface area contributed by atoms with Gasteiger partial charge in [-0.3, -0.25) is 0 Å². The molecule has 0 bridgehead atoms. The molecule has 2 unspecified atom stereocenters. The molecule has 6 heteroatoms. The van der Waals surface area contributed by atoms with E-state index in [4.69, 9.17) is 4.42 Å². The van der Waals surface area contributed by atoms with Gasteiger partial charge < -0.3 is 14.4 Å². The summed E-state index contributed by atoms with van der Waals surface area (Å²) in [6.07, 6.45) is 1.69. The fraction of sp³-hybridized carbons (Fsp3) is 0.316. The van der Waals surface area contributed by atoms with Crippen molar-refractivity contribution in [3.63, 3.8) is 0 Å². The third-order valence-corrected chi connectivity index (χ3v) is 4.71. The number of aliphatic hydroxyl groups is 1. The van der Waals surface area contributed by atoms with Crippen LogP contribution in [0.2, 0.25) is 0 Å². The van der Waals surface area contributed by atoms with E-state index in [1.54, 1.807) is 18.2 Å². The average Bonchev–Trinajstić information content (AvgIpc) is 3.21. The number of nitrogens with zero attached hydrogens (tertiary/aromatic N) is 2. The smallest absolute Gasteiger partial charge is 0.298 e. The molecular weight excluding hydrogens is 326 g/mol. The van der Waals surface area contributed by atoms with Crippen LogP contribution in [0.3, 0.4) is 0 Å². The number of hydrogen-bond acceptors (Lipinski definition) is 4. The van der Waals surface area contributed by atoms with Crippen LogP contribution >= 0.6 is 0 Å². The Morgan fingerprint density at radius 3 is 2.72 bits per heavy atom. The topological polar surface area (TPSA) is 49.5 Å². The van der Waals surface area contributed by atoms with Gasteiger partial charge in [0.1, 0.15) is 17.2 Å². The van der Waals surface area contributed by atoms with E-state index < -0.39 is 6.10 Å². The molecule has 0 saturated carbocycles. The molecule has 3 aromatic rings. The standard InChI is InChI=1S/C19H18F2N2O2/c20-13-5-3-12(4-6-13)17(24)11-15-2-1-9-23(15)19-22-16-10-14(21)7-8-18(16)25-19/h3-8,10,15,17,24H,1-2,9,11H2. The summed E-state index contributed by atoms with van der Waals surface area (Å²) in [6.45, 7) is 0.774. The predicted molar refractivity (Wildman–Crippen MR) is 90.3 cm³/mol. The summed E-state index contributed by atoms with van der Waals surface area (Å²) >= 11 is 0. The van der Waals surface area contributed by atoms with Gasteiger partial charge in [-0.15, -0.1) is 0 Å². The zero-order valence-electron chi connectivity index (χ0n) is 13.5. The minimum Gasteiger partial charge on any atom is -0.423 e. The van der Waals surface area contributed by atoms with Crippen LogP contribution in [0, 0.1) is 11.6 Å². The van der Waals surface area contributed by atoms with E-state index in [-0.39, 0.29) is 17.7 Å². The first kappa shape index (κ1) is 16.0. The van der Waals surface area contributed by atoms with E-state index in [9.17, 15) is 13.9 Å². The summed E-state index contributed by atoms with van der Waals surface area (Å²) in [5.41, 5.74) is 1.72. The lowest BCUT2D eigenvalue weighted by atomic mass is 10.0. The van der Waals surface area contributed by atoms with Crippen molar-refractivity contribution in [3.05, 3.63) is 59.7 Å². The molecule has 25 heavy (non-hydrogen) atoms. The predicted octanol–water partition coefficient (Wildman–Crippen LogP) is 4.20. The first-order chi connectivity index (χ1) is 12.1. The Morgan fingerprint density at radius 2 is 1.92 bits per heavy atom. The fourth-order valence-electron chi connectivity index (χ4n) is 3.42. The van der Waals surface area contributed by atoms with Gasteiger partial charge in [0, 0.05) is 18.7 Å². The zero-order valence-corrected chi connectivity index (χ0v) is 13.5. The maximum Gasteiger partial charge on any atom is 0.298 e. The van der Waals surface area contributed by atoms with E-state index >= 15 is 0 Å². The van der Waals surface area contributed by atoms with Crippen molar-refractivity contribution in [1.29, 1.82) is 0 Å². The third kappa shape index (κ3) is 3.22. The molecule has 2 aromatic carbocycles. The van der Waals surface area contributed by atoms with Gasteiger partial charge in [0.15, 0.2) is 5.58 Å². The molecular formula is C19H18F2N2O2. The Balaban J connectivity index is 1.54. The fourth-order valence-corrected chi connectivity index (χ4v) is 3.42. The lowest BCUT2D eigenvalue weighted by Gasteiger charge is -2.25. The normalized spacial score (nSPS) is 18.8. The molecule has 4 rings (SSSR count). The minimum atomic E-state index is -0.687. The number of aliphatic hydroxyl groups excluding tert-OH is 1. The summed E-state index contributed by atoms with van der Waals surface area (Å²) in [5, 5.41) is 10.5. The summed E-state index contributed by atoms with van der Waals surface area (Å²) < 4.78 is 32.1. The van der Waals surface area contributed by atoms with Crippen LogP contribution in [-0.2, 0) is 0 Å². The number of hydrogen-bond donors (Lipinski definition) is 1. The summed E-state index contributed by atoms with van der Waals surface area (Å²) in [6, 6.07) is 10.7. The number of halogens is 2. The van der Waals surface area contributed by atoms with Gasteiger partial charge in [0.25, 0.3) is 6.01 Å². The third-order valence-electron chi connectivity index (χ3n) is 4.71. The number of benzene rings is 2. The van der Waals surface area contributed by atoms with E-state index in [0.29, 0.717) is 29.1 Å². The van der Waals surface area contributed by atoms with Crippen LogP contribution in [0.4, 0.5) is 14.8 Å². The van der Waals surface area contributed by atoms with Crippen molar-refractivity contribution in [2.45, 2.75) is 31.4 Å². The van der Waals surface area contributed by atoms with Crippen molar-refractivity contribution in [2.24, 2.45) is 0 Å². The lowest BCUT2D eigenvalue weighted by Crippen LogP contribution is -2.31. The Morgan fingerprint density at radius 1 is 1.16 bits per heavy atom. The van der Waals surface area contributed by atoms with Gasteiger partial charge in [0.2, 0.25) is 0 Å². The molecule has 0 radical (unpaired) electrons. The molecule has 1 saturated heterocycles. The van der Waals surface area contributed by atoms with E-state index in [2.05, 4.69) is 4.98 Å². The van der Waals surface area contributed by atoms with Crippen LogP contribution in [0.25, 0.3) is 11.1 Å². The van der Waals surface area contributed by atoms with Crippen molar-refractivity contribution >= 4 is 17.1 Å². The first-order valence-corrected chi connectivity index (χ1v) is 8.36.